The molecular formula is C25H36N6O. The van der Waals surface area contributed by atoms with E-state index in [1.54, 1.807) is 18.5 Å². The molecule has 2 fully saturated rings. The van der Waals surface area contributed by atoms with E-state index < -0.39 is 0 Å². The van der Waals surface area contributed by atoms with Crippen LogP contribution in [-0.2, 0) is 13.0 Å². The monoisotopic (exact) mass is 436 g/mol. The summed E-state index contributed by atoms with van der Waals surface area (Å²) in [5, 5.41) is 15.6. The van der Waals surface area contributed by atoms with Crippen LogP contribution < -0.4 is 10.6 Å². The Kier molecular flexibility index (Phi) is 5.47. The summed E-state index contributed by atoms with van der Waals surface area (Å²) in [5.41, 5.74) is 3.92. The van der Waals surface area contributed by atoms with E-state index in [9.17, 15) is 4.79 Å². The Balaban J connectivity index is 0.000000790. The van der Waals surface area contributed by atoms with Crippen LogP contribution in [0.15, 0.2) is 48.8 Å². The van der Waals surface area contributed by atoms with Crippen LogP contribution in [0, 0.1) is 0 Å². The molecule has 1 saturated heterocycles. The molecule has 0 spiro atoms. The summed E-state index contributed by atoms with van der Waals surface area (Å²) >= 11 is 0. The van der Waals surface area contributed by atoms with Crippen LogP contribution in [0.2, 0.25) is 0 Å². The summed E-state index contributed by atoms with van der Waals surface area (Å²) in [5.74, 6) is 0.0200. The van der Waals surface area contributed by atoms with Gasteiger partial charge in [-0.15, -0.1) is 0 Å². The van der Waals surface area contributed by atoms with Crippen molar-refractivity contribution in [3.05, 3.63) is 71.3 Å². The van der Waals surface area contributed by atoms with Gasteiger partial charge in [0.1, 0.15) is 6.17 Å². The Bertz CT molecular complexity index is 1020. The van der Waals surface area contributed by atoms with Crippen LogP contribution in [-0.4, -0.2) is 43.6 Å². The lowest BCUT2D eigenvalue weighted by atomic mass is 9.60. The van der Waals surface area contributed by atoms with E-state index in [0.29, 0.717) is 18.7 Å². The zero-order chi connectivity index (χ0) is 22.2. The van der Waals surface area contributed by atoms with Crippen LogP contribution in [0.25, 0.3) is 0 Å². The average molecular weight is 437 g/mol. The van der Waals surface area contributed by atoms with Gasteiger partial charge in [0.25, 0.3) is 5.91 Å². The van der Waals surface area contributed by atoms with E-state index in [-0.39, 0.29) is 26.0 Å². The summed E-state index contributed by atoms with van der Waals surface area (Å²) < 4.78 is 0. The minimum Gasteiger partial charge on any atom is -0.332 e. The molecule has 2 aromatic heterocycles. The highest BCUT2D eigenvalue weighted by Crippen LogP contribution is 2.51. The highest BCUT2D eigenvalue weighted by molar-refractivity contribution is 5.94. The molecule has 0 bridgehead atoms. The fourth-order valence-corrected chi connectivity index (χ4v) is 5.50. The van der Waals surface area contributed by atoms with Gasteiger partial charge in [-0.2, -0.15) is 5.10 Å². The van der Waals surface area contributed by atoms with E-state index in [0.717, 1.165) is 43.5 Å². The summed E-state index contributed by atoms with van der Waals surface area (Å²) in [7, 11) is 0. The minimum atomic E-state index is -0.0165. The molecule has 2 atom stereocenters. The normalized spacial score (nSPS) is 32.1. The third kappa shape index (κ3) is 3.22. The zero-order valence-corrected chi connectivity index (χ0v) is 18.9. The number of nitrogens with one attached hydrogen (secondary N) is 3. The largest absolute Gasteiger partial charge is 0.332 e. The number of aromatic amines is 1. The lowest BCUT2D eigenvalue weighted by Crippen LogP contribution is -2.66. The number of amides is 1. The standard InChI is InChI=1S/C23H26N6O.C2H6.2H2/c30-21(16-6-5-12-24-14-16)29-13-7-17-18(15-29)27-28-19(17)20-25-22-8-3-1-2-4-9-23(22,26-20)11-10-22;1-2;;/h3-6,8-9,12,14,20,25-26H,1-2,7,10-11,13,15H2,(H,27,28);1-2H3;2*1H/b8-3-,9-4-;;;. The first kappa shape index (κ1) is 21.1. The van der Waals surface area contributed by atoms with Crippen LogP contribution in [0.4, 0.5) is 0 Å². The van der Waals surface area contributed by atoms with Crippen molar-refractivity contribution in [1.29, 1.82) is 0 Å². The van der Waals surface area contributed by atoms with Gasteiger partial charge in [0.05, 0.1) is 34.6 Å². The second-order valence-corrected chi connectivity index (χ2v) is 8.83. The number of allylic oxidation sites excluding steroid dienone is 2. The first-order valence-corrected chi connectivity index (χ1v) is 11.9. The number of pyridine rings is 1. The third-order valence-electron chi connectivity index (χ3n) is 7.25. The number of nitrogens with zero attached hydrogens (tertiary/aromatic N) is 3. The summed E-state index contributed by atoms with van der Waals surface area (Å²) in [6.07, 6.45) is 18.0. The SMILES string of the molecule is CC.O=C(c1cccnc1)N1CCc2c(C3NC45/C=C\CC/C=C\C4(CC5)N3)n[nH]c2C1.[HH].[HH]. The van der Waals surface area contributed by atoms with E-state index in [2.05, 4.69) is 45.0 Å². The first-order chi connectivity index (χ1) is 15.7. The molecule has 2 aromatic rings. The highest BCUT2D eigenvalue weighted by Gasteiger charge is 2.62. The fourth-order valence-electron chi connectivity index (χ4n) is 5.50. The molecule has 172 valence electrons. The summed E-state index contributed by atoms with van der Waals surface area (Å²) in [6.45, 7) is 5.24. The molecule has 2 aliphatic carbocycles. The van der Waals surface area contributed by atoms with Gasteiger partial charge in [-0.3, -0.25) is 25.5 Å². The maximum atomic E-state index is 12.8. The molecule has 4 heterocycles. The van der Waals surface area contributed by atoms with Crippen LogP contribution in [0.1, 0.15) is 75.9 Å². The number of carbonyl (C=O) groups excluding carboxylic acids is 1. The summed E-state index contributed by atoms with van der Waals surface area (Å²) in [6, 6.07) is 3.62. The lowest BCUT2D eigenvalue weighted by molar-refractivity contribution is 0.0732. The second kappa shape index (κ2) is 8.30. The summed E-state index contributed by atoms with van der Waals surface area (Å²) in [4.78, 5) is 18.8. The number of fused-ring (bicyclic) bond motifs is 1. The van der Waals surface area contributed by atoms with Crippen molar-refractivity contribution in [2.75, 3.05) is 6.54 Å². The molecule has 6 rings (SSSR count). The van der Waals surface area contributed by atoms with E-state index in [1.807, 2.05) is 24.8 Å². The number of rotatable bonds is 2. The molecule has 3 N–H and O–H groups in total. The predicted octanol–water partition coefficient (Wildman–Crippen LogP) is 3.89. The van der Waals surface area contributed by atoms with Gasteiger partial charge < -0.3 is 4.90 Å². The van der Waals surface area contributed by atoms with E-state index in [4.69, 9.17) is 5.10 Å². The molecule has 2 unspecified atom stereocenters. The quantitative estimate of drug-likeness (QED) is 0.622. The Morgan fingerprint density at radius 2 is 1.88 bits per heavy atom. The van der Waals surface area contributed by atoms with E-state index >= 15 is 0 Å². The molecule has 1 amide bonds. The van der Waals surface area contributed by atoms with Crippen molar-refractivity contribution in [1.82, 2.24) is 30.7 Å². The van der Waals surface area contributed by atoms with E-state index in [1.165, 1.54) is 5.56 Å². The third-order valence-corrected chi connectivity index (χ3v) is 7.25. The van der Waals surface area contributed by atoms with Crippen LogP contribution in [0.5, 0.6) is 0 Å². The van der Waals surface area contributed by atoms with Crippen molar-refractivity contribution < 1.29 is 7.65 Å². The van der Waals surface area contributed by atoms with Gasteiger partial charge in [-0.05, 0) is 44.2 Å². The number of carbonyl (C=O) groups is 1. The molecule has 2 aliphatic heterocycles. The van der Waals surface area contributed by atoms with Gasteiger partial charge in [0.2, 0.25) is 0 Å². The Labute approximate surface area is 192 Å². The molecule has 1 saturated carbocycles. The number of H-pyrrole nitrogens is 1. The minimum absolute atomic E-state index is 0. The maximum absolute atomic E-state index is 12.8. The molecule has 32 heavy (non-hydrogen) atoms. The second-order valence-electron chi connectivity index (χ2n) is 8.83. The number of hydrogen-bond donors (Lipinski definition) is 3. The number of hydrogen-bond acceptors (Lipinski definition) is 5. The van der Waals surface area contributed by atoms with Gasteiger partial charge in [-0.25, -0.2) is 0 Å². The van der Waals surface area contributed by atoms with Gasteiger partial charge in [0, 0.05) is 27.4 Å². The van der Waals surface area contributed by atoms with Crippen LogP contribution in [0.3, 0.4) is 0 Å². The van der Waals surface area contributed by atoms with Crippen molar-refractivity contribution in [2.24, 2.45) is 0 Å². The van der Waals surface area contributed by atoms with Gasteiger partial charge in [0.15, 0.2) is 0 Å². The van der Waals surface area contributed by atoms with Gasteiger partial charge in [-0.1, -0.05) is 38.2 Å². The lowest BCUT2D eigenvalue weighted by Gasteiger charge is -2.52. The van der Waals surface area contributed by atoms with Crippen LogP contribution >= 0.6 is 0 Å². The Morgan fingerprint density at radius 3 is 2.50 bits per heavy atom. The zero-order valence-electron chi connectivity index (χ0n) is 18.9. The molecular weight excluding hydrogens is 400 g/mol. The van der Waals surface area contributed by atoms with Crippen molar-refractivity contribution in [3.8, 4) is 0 Å². The molecule has 4 aliphatic rings. The molecule has 0 aromatic carbocycles. The number of aromatic nitrogens is 3. The Morgan fingerprint density at radius 1 is 1.16 bits per heavy atom. The van der Waals surface area contributed by atoms with Crippen molar-refractivity contribution >= 4 is 5.91 Å². The molecule has 7 nitrogen and oxygen atoms in total. The Hall–Kier alpha value is -2.77. The van der Waals surface area contributed by atoms with Crippen molar-refractivity contribution in [3.63, 3.8) is 0 Å². The van der Waals surface area contributed by atoms with Crippen molar-refractivity contribution in [2.45, 2.75) is 69.7 Å². The predicted molar refractivity (Wildman–Crippen MR) is 128 cm³/mol. The topological polar surface area (TPSA) is 85.9 Å². The fraction of sp³-hybridized carbons (Fsp3) is 0.480. The maximum Gasteiger partial charge on any atom is 0.255 e. The van der Waals surface area contributed by atoms with Gasteiger partial charge >= 0.3 is 0 Å². The average Bonchev–Trinajstić information content (AvgIpc) is 3.33. The highest BCUT2D eigenvalue weighted by atomic mass is 16.2. The molecule has 7 heteroatoms. The molecule has 0 radical (unpaired) electrons. The first-order valence-electron chi connectivity index (χ1n) is 11.9. The smallest absolute Gasteiger partial charge is 0.255 e.